The first-order valence-electron chi connectivity index (χ1n) is 9.51. The highest BCUT2D eigenvalue weighted by atomic mass is 127. The van der Waals surface area contributed by atoms with Gasteiger partial charge in [-0.1, -0.05) is 41.9 Å². The third-order valence-electron chi connectivity index (χ3n) is 4.56. The maximum Gasteiger partial charge on any atom is 0.191 e. The predicted octanol–water partition coefficient (Wildman–Crippen LogP) is 4.51. The van der Waals surface area contributed by atoms with E-state index < -0.39 is 0 Å². The first kappa shape index (κ1) is 23.5. The number of nitrogens with one attached hydrogen (secondary N) is 2. The molecule has 0 saturated heterocycles. The molecule has 0 spiro atoms. The molecule has 2 rings (SSSR count). The SMILES string of the molecule is CCNC(=NCC(C)c1cccc(C)c1)NCCCc1c(C)noc1C.I. The van der Waals surface area contributed by atoms with Crippen molar-refractivity contribution >= 4 is 29.9 Å². The fourth-order valence-corrected chi connectivity index (χ4v) is 2.98. The van der Waals surface area contributed by atoms with Gasteiger partial charge >= 0.3 is 0 Å². The van der Waals surface area contributed by atoms with E-state index in [1.807, 2.05) is 13.8 Å². The van der Waals surface area contributed by atoms with Crippen LogP contribution >= 0.6 is 24.0 Å². The molecule has 1 aromatic heterocycles. The van der Waals surface area contributed by atoms with E-state index in [9.17, 15) is 0 Å². The van der Waals surface area contributed by atoms with Crippen LogP contribution in [0.4, 0.5) is 0 Å². The minimum absolute atomic E-state index is 0. The number of halogens is 1. The van der Waals surface area contributed by atoms with Crippen molar-refractivity contribution in [3.8, 4) is 0 Å². The highest BCUT2D eigenvalue weighted by molar-refractivity contribution is 14.0. The van der Waals surface area contributed by atoms with E-state index in [1.54, 1.807) is 0 Å². The van der Waals surface area contributed by atoms with Gasteiger partial charge in [-0.15, -0.1) is 24.0 Å². The van der Waals surface area contributed by atoms with Crippen LogP contribution in [0, 0.1) is 20.8 Å². The molecule has 2 N–H and O–H groups in total. The van der Waals surface area contributed by atoms with Crippen LogP contribution in [0.1, 0.15) is 54.3 Å². The molecule has 0 fully saturated rings. The minimum Gasteiger partial charge on any atom is -0.361 e. The molecule has 0 saturated carbocycles. The summed E-state index contributed by atoms with van der Waals surface area (Å²) < 4.78 is 5.22. The Hall–Kier alpha value is -1.57. The molecule has 1 heterocycles. The molecule has 0 radical (unpaired) electrons. The second kappa shape index (κ2) is 12.0. The summed E-state index contributed by atoms with van der Waals surface area (Å²) in [6.45, 7) is 12.9. The number of benzene rings is 1. The van der Waals surface area contributed by atoms with Crippen LogP contribution in [0.5, 0.6) is 0 Å². The van der Waals surface area contributed by atoms with Gasteiger partial charge in [-0.2, -0.15) is 0 Å². The Morgan fingerprint density at radius 2 is 2.00 bits per heavy atom. The van der Waals surface area contributed by atoms with Crippen molar-refractivity contribution < 1.29 is 4.52 Å². The number of aromatic nitrogens is 1. The van der Waals surface area contributed by atoms with E-state index in [2.05, 4.69) is 60.8 Å². The minimum atomic E-state index is 0. The van der Waals surface area contributed by atoms with E-state index in [4.69, 9.17) is 9.52 Å². The van der Waals surface area contributed by atoms with Gasteiger partial charge in [-0.3, -0.25) is 4.99 Å². The topological polar surface area (TPSA) is 62.5 Å². The van der Waals surface area contributed by atoms with Gasteiger partial charge in [0, 0.05) is 31.1 Å². The molecule has 1 unspecified atom stereocenters. The Balaban J connectivity index is 0.00000364. The lowest BCUT2D eigenvalue weighted by atomic mass is 10.00. The summed E-state index contributed by atoms with van der Waals surface area (Å²) >= 11 is 0. The monoisotopic (exact) mass is 484 g/mol. The summed E-state index contributed by atoms with van der Waals surface area (Å²) in [5.74, 6) is 2.20. The van der Waals surface area contributed by atoms with Gasteiger partial charge in [0.05, 0.1) is 5.69 Å². The first-order valence-corrected chi connectivity index (χ1v) is 9.51. The summed E-state index contributed by atoms with van der Waals surface area (Å²) in [5.41, 5.74) is 4.85. The van der Waals surface area contributed by atoms with Gasteiger partial charge in [-0.05, 0) is 46.1 Å². The van der Waals surface area contributed by atoms with E-state index in [-0.39, 0.29) is 24.0 Å². The van der Waals surface area contributed by atoms with Crippen LogP contribution in [0.3, 0.4) is 0 Å². The molecule has 1 aromatic carbocycles. The largest absolute Gasteiger partial charge is 0.361 e. The fraction of sp³-hybridized carbons (Fsp3) is 0.524. The molecule has 6 heteroatoms. The zero-order valence-corrected chi connectivity index (χ0v) is 19.5. The van der Waals surface area contributed by atoms with Crippen molar-refractivity contribution in [3.63, 3.8) is 0 Å². The van der Waals surface area contributed by atoms with Crippen LogP contribution in [0.2, 0.25) is 0 Å². The predicted molar refractivity (Wildman–Crippen MR) is 123 cm³/mol. The maximum absolute atomic E-state index is 5.22. The maximum atomic E-state index is 5.22. The van der Waals surface area contributed by atoms with Crippen LogP contribution in [-0.4, -0.2) is 30.8 Å². The van der Waals surface area contributed by atoms with Crippen LogP contribution in [0.25, 0.3) is 0 Å². The molecule has 0 amide bonds. The van der Waals surface area contributed by atoms with Crippen LogP contribution in [-0.2, 0) is 6.42 Å². The van der Waals surface area contributed by atoms with Crippen LogP contribution < -0.4 is 10.6 Å². The number of rotatable bonds is 8. The van der Waals surface area contributed by atoms with Crippen LogP contribution in [0.15, 0.2) is 33.8 Å². The zero-order valence-electron chi connectivity index (χ0n) is 17.1. The Morgan fingerprint density at radius 1 is 1.22 bits per heavy atom. The third kappa shape index (κ3) is 7.52. The Kier molecular flexibility index (Phi) is 10.4. The Labute approximate surface area is 180 Å². The number of aryl methyl sites for hydroxylation is 3. The lowest BCUT2D eigenvalue weighted by Gasteiger charge is -2.14. The number of guanidine groups is 1. The summed E-state index contributed by atoms with van der Waals surface area (Å²) in [5, 5.41) is 10.8. The fourth-order valence-electron chi connectivity index (χ4n) is 2.98. The molecule has 0 bridgehead atoms. The van der Waals surface area contributed by atoms with Crippen molar-refractivity contribution in [1.82, 2.24) is 15.8 Å². The van der Waals surface area contributed by atoms with Gasteiger partial charge in [0.1, 0.15) is 5.76 Å². The van der Waals surface area contributed by atoms with Gasteiger partial charge in [0.25, 0.3) is 0 Å². The summed E-state index contributed by atoms with van der Waals surface area (Å²) in [7, 11) is 0. The van der Waals surface area contributed by atoms with E-state index in [0.29, 0.717) is 5.92 Å². The molecule has 27 heavy (non-hydrogen) atoms. The molecule has 2 aromatic rings. The molecular weight excluding hydrogens is 451 g/mol. The van der Waals surface area contributed by atoms with E-state index >= 15 is 0 Å². The molecular formula is C21H33IN4O. The van der Waals surface area contributed by atoms with Crippen molar-refractivity contribution in [2.45, 2.75) is 53.4 Å². The van der Waals surface area contributed by atoms with Crippen molar-refractivity contribution in [1.29, 1.82) is 0 Å². The smallest absolute Gasteiger partial charge is 0.191 e. The van der Waals surface area contributed by atoms with Crippen molar-refractivity contribution in [2.24, 2.45) is 4.99 Å². The van der Waals surface area contributed by atoms with Gasteiger partial charge < -0.3 is 15.2 Å². The number of aliphatic imine (C=N–C) groups is 1. The molecule has 0 aliphatic carbocycles. The average Bonchev–Trinajstić information content (AvgIpc) is 2.94. The normalized spacial score (nSPS) is 12.4. The van der Waals surface area contributed by atoms with Gasteiger partial charge in [-0.25, -0.2) is 0 Å². The highest BCUT2D eigenvalue weighted by Crippen LogP contribution is 2.16. The quantitative estimate of drug-likeness (QED) is 0.251. The van der Waals surface area contributed by atoms with Crippen molar-refractivity contribution in [3.05, 3.63) is 52.4 Å². The van der Waals surface area contributed by atoms with Gasteiger partial charge in [0.15, 0.2) is 5.96 Å². The lowest BCUT2D eigenvalue weighted by molar-refractivity contribution is 0.392. The second-order valence-electron chi connectivity index (χ2n) is 6.87. The molecule has 0 aliphatic heterocycles. The third-order valence-corrected chi connectivity index (χ3v) is 4.56. The standard InChI is InChI=1S/C21H32N4O.HI/c1-6-22-21(23-12-8-11-20-17(4)25-26-18(20)5)24-14-16(3)19-10-7-9-15(2)13-19;/h7,9-10,13,16H,6,8,11-12,14H2,1-5H3,(H2,22,23,24);1H. The highest BCUT2D eigenvalue weighted by Gasteiger charge is 2.09. The summed E-state index contributed by atoms with van der Waals surface area (Å²) in [6, 6.07) is 8.66. The lowest BCUT2D eigenvalue weighted by Crippen LogP contribution is -2.38. The summed E-state index contributed by atoms with van der Waals surface area (Å²) in [6.07, 6.45) is 1.98. The second-order valence-corrected chi connectivity index (χ2v) is 6.87. The molecule has 5 nitrogen and oxygen atoms in total. The Bertz CT molecular complexity index is 707. The average molecular weight is 484 g/mol. The van der Waals surface area contributed by atoms with Gasteiger partial charge in [0.2, 0.25) is 0 Å². The Morgan fingerprint density at radius 3 is 2.63 bits per heavy atom. The number of nitrogens with zero attached hydrogens (tertiary/aromatic N) is 2. The van der Waals surface area contributed by atoms with E-state index in [0.717, 1.165) is 49.9 Å². The molecule has 1 atom stereocenters. The summed E-state index contributed by atoms with van der Waals surface area (Å²) in [4.78, 5) is 4.75. The first-order chi connectivity index (χ1) is 12.5. The zero-order chi connectivity index (χ0) is 18.9. The molecule has 150 valence electrons. The van der Waals surface area contributed by atoms with Crippen molar-refractivity contribution in [2.75, 3.05) is 19.6 Å². The number of hydrogen-bond donors (Lipinski definition) is 2. The number of hydrogen-bond acceptors (Lipinski definition) is 3. The van der Waals surface area contributed by atoms with E-state index in [1.165, 1.54) is 16.7 Å². The molecule has 0 aliphatic rings.